The van der Waals surface area contributed by atoms with Crippen LogP contribution < -0.4 is 16.2 Å². The van der Waals surface area contributed by atoms with Crippen LogP contribution in [-0.2, 0) is 21.4 Å². The Kier molecular flexibility index (Phi) is 6.04. The Hall–Kier alpha value is -2.00. The van der Waals surface area contributed by atoms with Gasteiger partial charge in [-0.25, -0.2) is 13.6 Å². The predicted molar refractivity (Wildman–Crippen MR) is 108 cm³/mol. The van der Waals surface area contributed by atoms with E-state index in [1.807, 2.05) is 4.90 Å². The second-order valence-corrected chi connectivity index (χ2v) is 8.99. The molecule has 1 unspecified atom stereocenters. The molecular weight excluding hydrogens is 423 g/mol. The first-order valence-electron chi connectivity index (χ1n) is 8.57. The van der Waals surface area contributed by atoms with Crippen molar-refractivity contribution >= 4 is 39.1 Å². The Labute approximate surface area is 173 Å². The molecule has 1 atom stereocenters. The Balaban J connectivity index is 2.08. The Morgan fingerprint density at radius 3 is 2.79 bits per heavy atom. The fourth-order valence-corrected chi connectivity index (χ4v) is 4.67. The molecule has 1 aromatic carbocycles. The first-order valence-corrected chi connectivity index (χ1v) is 10.9. The zero-order chi connectivity index (χ0) is 20.5. The topological polar surface area (TPSA) is 119 Å². The summed E-state index contributed by atoms with van der Waals surface area (Å²) in [5.41, 5.74) is 7.23. The summed E-state index contributed by atoms with van der Waals surface area (Å²) in [7, 11) is -3.94. The molecule has 1 fully saturated rings. The van der Waals surface area contributed by atoms with E-state index < -0.39 is 21.4 Å². The molecule has 10 heteroatoms. The second-order valence-electron chi connectivity index (χ2n) is 6.52. The number of halogens is 2. The number of nitrogens with zero attached hydrogens (tertiary/aromatic N) is 1. The van der Waals surface area contributed by atoms with Gasteiger partial charge in [0.1, 0.15) is 5.50 Å². The van der Waals surface area contributed by atoms with Crippen molar-refractivity contribution in [1.29, 1.82) is 0 Å². The summed E-state index contributed by atoms with van der Waals surface area (Å²) < 4.78 is 24.0. The number of carbonyl (C=O) groups excluding carboxylic acids is 1. The van der Waals surface area contributed by atoms with Crippen molar-refractivity contribution in [3.05, 3.63) is 64.1 Å². The fraction of sp³-hybridized carbons (Fsp3) is 0.278. The number of likely N-dealkylation sites (tertiary alicyclic amines) is 1. The number of allylic oxidation sites excluding steroid dienone is 3. The van der Waals surface area contributed by atoms with Gasteiger partial charge in [-0.3, -0.25) is 4.79 Å². The molecule has 2 aliphatic rings. The number of carbonyl (C=O) groups is 1. The molecule has 0 spiro atoms. The zero-order valence-electron chi connectivity index (χ0n) is 14.9. The monoisotopic (exact) mass is 442 g/mol. The van der Waals surface area contributed by atoms with E-state index in [9.17, 15) is 13.2 Å². The lowest BCUT2D eigenvalue weighted by molar-refractivity contribution is -0.114. The summed E-state index contributed by atoms with van der Waals surface area (Å²) in [6.45, 7) is 0.163. The van der Waals surface area contributed by atoms with Gasteiger partial charge < -0.3 is 16.0 Å². The number of hydrogen-bond acceptors (Lipinski definition) is 5. The molecule has 0 bridgehead atoms. The minimum Gasteiger partial charge on any atom is -0.366 e. The van der Waals surface area contributed by atoms with Gasteiger partial charge in [-0.1, -0.05) is 23.2 Å². The number of hydrogen-bond donors (Lipinski definition) is 3. The van der Waals surface area contributed by atoms with Crippen molar-refractivity contribution in [2.24, 2.45) is 10.9 Å². The molecule has 0 aromatic heterocycles. The molecule has 0 saturated carbocycles. The molecule has 0 aliphatic carbocycles. The Morgan fingerprint density at radius 2 is 2.11 bits per heavy atom. The number of primary amides is 1. The van der Waals surface area contributed by atoms with Crippen molar-refractivity contribution in [2.45, 2.75) is 36.2 Å². The molecule has 0 radical (unpaired) electrons. The van der Waals surface area contributed by atoms with E-state index in [1.165, 1.54) is 12.1 Å². The van der Waals surface area contributed by atoms with E-state index in [1.54, 1.807) is 24.4 Å². The van der Waals surface area contributed by atoms with E-state index in [0.29, 0.717) is 34.7 Å². The molecule has 1 aromatic rings. The first-order chi connectivity index (χ1) is 13.2. The highest BCUT2D eigenvalue weighted by Gasteiger charge is 2.30. The summed E-state index contributed by atoms with van der Waals surface area (Å²) in [6.07, 6.45) is 7.18. The van der Waals surface area contributed by atoms with Crippen molar-refractivity contribution in [1.82, 2.24) is 10.2 Å². The average Bonchev–Trinajstić information content (AvgIpc) is 2.62. The van der Waals surface area contributed by atoms with Gasteiger partial charge in [0.05, 0.1) is 16.2 Å². The quantitative estimate of drug-likeness (QED) is 0.488. The maximum absolute atomic E-state index is 12.0. The van der Waals surface area contributed by atoms with Gasteiger partial charge >= 0.3 is 0 Å². The van der Waals surface area contributed by atoms with Crippen molar-refractivity contribution in [3.63, 3.8) is 0 Å². The number of amides is 1. The van der Waals surface area contributed by atoms with E-state index in [0.717, 1.165) is 12.1 Å². The fourth-order valence-electron chi connectivity index (χ4n) is 3.38. The molecule has 1 amide bonds. The maximum atomic E-state index is 12.0. The average molecular weight is 443 g/mol. The number of piperidine rings is 1. The van der Waals surface area contributed by atoms with Gasteiger partial charge in [-0.05, 0) is 55.2 Å². The standard InChI is InChI=1S/C18H20Cl2N4O3S/c19-12-6-7-15(28(22,26)27)11(9-12)10-24-14(4-1-5-16(24)20)17-13(18(21)25)3-2-8-23-17/h2-3,6-9,16,23H,1,4-5,10H2,(H2,21,25)(H2,22,26,27)/b17-14-. The van der Waals surface area contributed by atoms with Gasteiger partial charge in [-0.15, -0.1) is 0 Å². The minimum absolute atomic E-state index is 0.0159. The predicted octanol–water partition coefficient (Wildman–Crippen LogP) is 2.28. The number of dihydropyridines is 1. The summed E-state index contributed by atoms with van der Waals surface area (Å²) in [4.78, 5) is 13.7. The molecule has 7 nitrogen and oxygen atoms in total. The van der Waals surface area contributed by atoms with Crippen LogP contribution in [0.5, 0.6) is 0 Å². The molecular formula is C18H20Cl2N4O3S. The third kappa shape index (κ3) is 4.35. The number of nitrogens with two attached hydrogens (primary N) is 2. The van der Waals surface area contributed by atoms with Gasteiger partial charge in [0.25, 0.3) is 5.91 Å². The molecule has 1 saturated heterocycles. The van der Waals surface area contributed by atoms with Crippen LogP contribution in [0.25, 0.3) is 0 Å². The van der Waals surface area contributed by atoms with Gasteiger partial charge in [0.2, 0.25) is 10.0 Å². The number of primary sulfonamides is 1. The lowest BCUT2D eigenvalue weighted by Gasteiger charge is -2.38. The van der Waals surface area contributed by atoms with Crippen molar-refractivity contribution < 1.29 is 13.2 Å². The molecule has 150 valence electrons. The highest BCUT2D eigenvalue weighted by Crippen LogP contribution is 2.35. The van der Waals surface area contributed by atoms with Crippen LogP contribution in [0.2, 0.25) is 5.02 Å². The SMILES string of the molecule is NC(=O)C1=CC=CN/C1=C1/CCCC(Cl)N1Cc1cc(Cl)ccc1S(N)(=O)=O. The zero-order valence-corrected chi connectivity index (χ0v) is 17.2. The minimum atomic E-state index is -3.94. The summed E-state index contributed by atoms with van der Waals surface area (Å²) in [5.74, 6) is -0.566. The van der Waals surface area contributed by atoms with Crippen LogP contribution >= 0.6 is 23.2 Å². The lowest BCUT2D eigenvalue weighted by atomic mass is 9.99. The number of alkyl halides is 1. The molecule has 5 N–H and O–H groups in total. The normalized spacial score (nSPS) is 22.6. The third-order valence-electron chi connectivity index (χ3n) is 4.62. The van der Waals surface area contributed by atoms with Crippen molar-refractivity contribution in [3.8, 4) is 0 Å². The van der Waals surface area contributed by atoms with Crippen LogP contribution in [0, 0.1) is 0 Å². The number of rotatable bonds is 4. The van der Waals surface area contributed by atoms with Gasteiger partial charge in [0.15, 0.2) is 0 Å². The lowest BCUT2D eigenvalue weighted by Crippen LogP contribution is -2.38. The Bertz CT molecular complexity index is 1000. The number of benzene rings is 1. The van der Waals surface area contributed by atoms with Gasteiger partial charge in [-0.2, -0.15) is 0 Å². The number of nitrogens with one attached hydrogen (secondary N) is 1. The molecule has 3 rings (SSSR count). The Morgan fingerprint density at radius 1 is 1.36 bits per heavy atom. The highest BCUT2D eigenvalue weighted by atomic mass is 35.5. The maximum Gasteiger partial charge on any atom is 0.250 e. The molecule has 28 heavy (non-hydrogen) atoms. The van der Waals surface area contributed by atoms with Crippen LogP contribution in [0.4, 0.5) is 0 Å². The molecule has 2 heterocycles. The number of sulfonamides is 1. The van der Waals surface area contributed by atoms with Crippen LogP contribution in [0.15, 0.2) is 58.4 Å². The summed E-state index contributed by atoms with van der Waals surface area (Å²) in [6, 6.07) is 4.41. The largest absolute Gasteiger partial charge is 0.366 e. The summed E-state index contributed by atoms with van der Waals surface area (Å²) in [5, 5.41) is 8.82. The van der Waals surface area contributed by atoms with E-state index in [2.05, 4.69) is 5.32 Å². The van der Waals surface area contributed by atoms with E-state index >= 15 is 0 Å². The van der Waals surface area contributed by atoms with E-state index in [-0.39, 0.29) is 11.4 Å². The summed E-state index contributed by atoms with van der Waals surface area (Å²) >= 11 is 12.7. The third-order valence-corrected chi connectivity index (χ3v) is 6.32. The second kappa shape index (κ2) is 8.16. The molecule has 2 aliphatic heterocycles. The smallest absolute Gasteiger partial charge is 0.250 e. The van der Waals surface area contributed by atoms with Crippen LogP contribution in [0.3, 0.4) is 0 Å². The van der Waals surface area contributed by atoms with Crippen LogP contribution in [0.1, 0.15) is 24.8 Å². The van der Waals surface area contributed by atoms with E-state index in [4.69, 9.17) is 34.1 Å². The van der Waals surface area contributed by atoms with Gasteiger partial charge in [0, 0.05) is 23.5 Å². The highest BCUT2D eigenvalue weighted by molar-refractivity contribution is 7.89. The van der Waals surface area contributed by atoms with Crippen molar-refractivity contribution in [2.75, 3.05) is 0 Å². The van der Waals surface area contributed by atoms with Crippen LogP contribution in [-0.4, -0.2) is 24.7 Å². The first kappa shape index (κ1) is 20.7.